The van der Waals surface area contributed by atoms with Crippen LogP contribution in [0.15, 0.2) is 72.8 Å². The Hall–Kier alpha value is -3.59. The van der Waals surface area contributed by atoms with Crippen molar-refractivity contribution in [1.82, 2.24) is 15.1 Å². The number of nitrogens with zero attached hydrogens (tertiary/aromatic N) is 3. The molecule has 0 spiro atoms. The van der Waals surface area contributed by atoms with Gasteiger partial charge in [-0.1, -0.05) is 72.3 Å². The molecule has 0 fully saturated rings. The third kappa shape index (κ3) is 5.52. The van der Waals surface area contributed by atoms with Crippen LogP contribution in [-0.4, -0.2) is 54.2 Å². The van der Waals surface area contributed by atoms with Crippen LogP contribution >= 0.6 is 23.4 Å². The van der Waals surface area contributed by atoms with Crippen molar-refractivity contribution in [3.8, 4) is 16.9 Å². The van der Waals surface area contributed by atoms with Gasteiger partial charge in [-0.25, -0.2) is 4.68 Å². The number of thioether (sulfide) groups is 1. The molecule has 0 saturated carbocycles. The normalized spacial score (nSPS) is 15.1. The molecule has 1 unspecified atom stereocenters. The topological polar surface area (TPSA) is 76.5 Å². The standard InChI is InChI=1S/C31H31ClN4O3S/c1-20-10-9-15-25(21(20)2)36-31-28(29(34-36)22-11-5-4-6-12-22)30(23-13-7-8-14-24(23)32)40-19-27(38)35(31)18-26(37)33-16-17-39-3/h4-15,30H,16-19H2,1-3H3,(H,33,37). The predicted octanol–water partition coefficient (Wildman–Crippen LogP) is 5.74. The first-order valence-corrected chi connectivity index (χ1v) is 14.5. The fourth-order valence-corrected chi connectivity index (χ4v) is 6.43. The van der Waals surface area contributed by atoms with Crippen molar-refractivity contribution in [1.29, 1.82) is 0 Å². The number of nitrogens with one attached hydrogen (secondary N) is 1. The second kappa shape index (κ2) is 12.3. The Labute approximate surface area is 243 Å². The summed E-state index contributed by atoms with van der Waals surface area (Å²) in [6.07, 6.45) is 0. The van der Waals surface area contributed by atoms with Crippen molar-refractivity contribution < 1.29 is 14.3 Å². The lowest BCUT2D eigenvalue weighted by Crippen LogP contribution is -2.43. The lowest BCUT2D eigenvalue weighted by Gasteiger charge is -2.24. The van der Waals surface area contributed by atoms with Gasteiger partial charge < -0.3 is 10.1 Å². The number of hydrogen-bond acceptors (Lipinski definition) is 5. The average molecular weight is 575 g/mol. The van der Waals surface area contributed by atoms with E-state index in [2.05, 4.69) is 5.32 Å². The number of hydrogen-bond donors (Lipinski definition) is 1. The zero-order valence-corrected chi connectivity index (χ0v) is 24.3. The number of rotatable bonds is 8. The number of halogens is 1. The van der Waals surface area contributed by atoms with E-state index < -0.39 is 0 Å². The highest BCUT2D eigenvalue weighted by atomic mass is 35.5. The van der Waals surface area contributed by atoms with Gasteiger partial charge in [0, 0.05) is 29.8 Å². The molecule has 1 aliphatic heterocycles. The summed E-state index contributed by atoms with van der Waals surface area (Å²) < 4.78 is 6.91. The molecule has 0 radical (unpaired) electrons. The second-order valence-corrected chi connectivity index (χ2v) is 11.1. The Morgan fingerprint density at radius 1 is 1.07 bits per heavy atom. The Balaban J connectivity index is 1.79. The van der Waals surface area contributed by atoms with Crippen LogP contribution in [0.2, 0.25) is 5.02 Å². The largest absolute Gasteiger partial charge is 0.383 e. The summed E-state index contributed by atoms with van der Waals surface area (Å²) in [6, 6.07) is 23.7. The molecular formula is C31H31ClN4O3S. The molecule has 5 rings (SSSR count). The van der Waals surface area contributed by atoms with E-state index in [1.165, 1.54) is 11.8 Å². The van der Waals surface area contributed by atoms with Gasteiger partial charge in [-0.3, -0.25) is 14.5 Å². The summed E-state index contributed by atoms with van der Waals surface area (Å²) in [5.74, 6) is 0.312. The molecule has 1 N–H and O–H groups in total. The van der Waals surface area contributed by atoms with Crippen molar-refractivity contribution in [3.05, 3.63) is 100 Å². The molecule has 0 bridgehead atoms. The number of methoxy groups -OCH3 is 1. The maximum absolute atomic E-state index is 13.8. The highest BCUT2D eigenvalue weighted by Gasteiger charge is 2.38. The Kier molecular flexibility index (Phi) is 8.59. The van der Waals surface area contributed by atoms with Gasteiger partial charge in [0.2, 0.25) is 11.8 Å². The fourth-order valence-electron chi connectivity index (χ4n) is 4.89. The van der Waals surface area contributed by atoms with E-state index in [0.29, 0.717) is 24.0 Å². The molecule has 40 heavy (non-hydrogen) atoms. The van der Waals surface area contributed by atoms with E-state index in [-0.39, 0.29) is 29.4 Å². The van der Waals surface area contributed by atoms with Crippen molar-refractivity contribution in [3.63, 3.8) is 0 Å². The van der Waals surface area contributed by atoms with Gasteiger partial charge in [-0.2, -0.15) is 5.10 Å². The number of carbonyl (C=O) groups excluding carboxylic acids is 2. The first-order valence-electron chi connectivity index (χ1n) is 13.1. The van der Waals surface area contributed by atoms with Gasteiger partial charge in [0.15, 0.2) is 0 Å². The molecule has 1 aliphatic rings. The van der Waals surface area contributed by atoms with Gasteiger partial charge in [-0.15, -0.1) is 11.8 Å². The summed E-state index contributed by atoms with van der Waals surface area (Å²) in [5.41, 5.74) is 6.39. The summed E-state index contributed by atoms with van der Waals surface area (Å²) in [6.45, 7) is 4.69. The number of anilines is 1. The molecule has 2 heterocycles. The Morgan fingerprint density at radius 2 is 1.82 bits per heavy atom. The van der Waals surface area contributed by atoms with Crippen LogP contribution in [0.3, 0.4) is 0 Å². The Bertz CT molecular complexity index is 1540. The van der Waals surface area contributed by atoms with Crippen LogP contribution < -0.4 is 10.2 Å². The number of amides is 2. The lowest BCUT2D eigenvalue weighted by molar-refractivity contribution is -0.123. The number of ether oxygens (including phenoxy) is 1. The van der Waals surface area contributed by atoms with E-state index in [1.54, 1.807) is 12.0 Å². The molecule has 7 nitrogen and oxygen atoms in total. The lowest BCUT2D eigenvalue weighted by atomic mass is 9.99. The summed E-state index contributed by atoms with van der Waals surface area (Å²) in [4.78, 5) is 28.5. The molecule has 3 aromatic carbocycles. The van der Waals surface area contributed by atoms with Gasteiger partial charge in [0.05, 0.1) is 29.0 Å². The summed E-state index contributed by atoms with van der Waals surface area (Å²) in [5, 5.41) is 8.35. The van der Waals surface area contributed by atoms with Crippen LogP contribution in [0, 0.1) is 13.8 Å². The molecule has 9 heteroatoms. The first-order chi connectivity index (χ1) is 19.4. The van der Waals surface area contributed by atoms with Crippen LogP contribution in [0.4, 0.5) is 5.82 Å². The van der Waals surface area contributed by atoms with Gasteiger partial charge in [0.1, 0.15) is 12.4 Å². The van der Waals surface area contributed by atoms with E-state index in [0.717, 1.165) is 39.2 Å². The minimum Gasteiger partial charge on any atom is -0.383 e. The number of benzene rings is 3. The molecule has 4 aromatic rings. The smallest absolute Gasteiger partial charge is 0.240 e. The zero-order chi connectivity index (χ0) is 28.2. The minimum atomic E-state index is -0.289. The molecule has 0 aliphatic carbocycles. The van der Waals surface area contributed by atoms with Crippen LogP contribution in [0.25, 0.3) is 16.9 Å². The maximum atomic E-state index is 13.8. The quantitative estimate of drug-likeness (QED) is 0.272. The molecule has 0 saturated heterocycles. The maximum Gasteiger partial charge on any atom is 0.240 e. The monoisotopic (exact) mass is 574 g/mol. The zero-order valence-electron chi connectivity index (χ0n) is 22.7. The van der Waals surface area contributed by atoms with Crippen molar-refractivity contribution in [2.45, 2.75) is 19.1 Å². The number of carbonyl (C=O) groups is 2. The molecular weight excluding hydrogens is 544 g/mol. The van der Waals surface area contributed by atoms with E-state index >= 15 is 0 Å². The number of aryl methyl sites for hydroxylation is 1. The number of aromatic nitrogens is 2. The molecule has 1 atom stereocenters. The molecule has 1 aromatic heterocycles. The second-order valence-electron chi connectivity index (χ2n) is 9.62. The van der Waals surface area contributed by atoms with Crippen molar-refractivity contribution in [2.75, 3.05) is 37.5 Å². The van der Waals surface area contributed by atoms with E-state index in [1.807, 2.05) is 91.3 Å². The fraction of sp³-hybridized carbons (Fsp3) is 0.258. The predicted molar refractivity (Wildman–Crippen MR) is 161 cm³/mol. The van der Waals surface area contributed by atoms with Gasteiger partial charge in [-0.05, 0) is 42.7 Å². The minimum absolute atomic E-state index is 0.143. The van der Waals surface area contributed by atoms with Crippen LogP contribution in [0.1, 0.15) is 27.5 Å². The first kappa shape index (κ1) is 28.0. The third-order valence-corrected chi connectivity index (χ3v) is 8.64. The van der Waals surface area contributed by atoms with Gasteiger partial charge in [0.25, 0.3) is 0 Å². The van der Waals surface area contributed by atoms with Crippen LogP contribution in [0.5, 0.6) is 0 Å². The Morgan fingerprint density at radius 3 is 2.58 bits per heavy atom. The molecule has 206 valence electrons. The van der Waals surface area contributed by atoms with Gasteiger partial charge >= 0.3 is 0 Å². The highest BCUT2D eigenvalue weighted by molar-refractivity contribution is 8.00. The van der Waals surface area contributed by atoms with Crippen LogP contribution in [-0.2, 0) is 14.3 Å². The van der Waals surface area contributed by atoms with Crippen molar-refractivity contribution in [2.24, 2.45) is 0 Å². The average Bonchev–Trinajstić information content (AvgIpc) is 3.28. The van der Waals surface area contributed by atoms with E-state index in [9.17, 15) is 9.59 Å². The highest BCUT2D eigenvalue weighted by Crippen LogP contribution is 2.50. The SMILES string of the molecule is COCCNC(=O)CN1C(=O)CSC(c2ccccc2Cl)c2c(-c3ccccc3)nn(-c3cccc(C)c3C)c21. The third-order valence-electron chi connectivity index (χ3n) is 7.06. The summed E-state index contributed by atoms with van der Waals surface area (Å²) >= 11 is 8.26. The van der Waals surface area contributed by atoms with E-state index in [4.69, 9.17) is 21.4 Å². The summed E-state index contributed by atoms with van der Waals surface area (Å²) in [7, 11) is 1.58. The van der Waals surface area contributed by atoms with Crippen molar-refractivity contribution >= 4 is 41.0 Å². The number of fused-ring (bicyclic) bond motifs is 1. The molecule has 2 amide bonds.